The summed E-state index contributed by atoms with van der Waals surface area (Å²) in [6.07, 6.45) is -1.20. The first-order chi connectivity index (χ1) is 16.3. The molecule has 0 aliphatic carbocycles. The van der Waals surface area contributed by atoms with Crippen LogP contribution in [0.25, 0.3) is 0 Å². The van der Waals surface area contributed by atoms with Crippen LogP contribution in [0.1, 0.15) is 41.5 Å². The quantitative estimate of drug-likeness (QED) is 0.477. The van der Waals surface area contributed by atoms with Crippen molar-refractivity contribution in [1.82, 2.24) is 0 Å². The lowest BCUT2D eigenvalue weighted by Gasteiger charge is -2.20. The van der Waals surface area contributed by atoms with E-state index in [0.717, 1.165) is 7.69 Å². The van der Waals surface area contributed by atoms with E-state index >= 15 is 0 Å². The molecule has 189 valence electrons. The molecule has 0 saturated heterocycles. The van der Waals surface area contributed by atoms with Gasteiger partial charge in [0.25, 0.3) is 0 Å². The first kappa shape index (κ1) is 27.5. The molecule has 0 fully saturated rings. The molecule has 0 saturated carbocycles. The Kier molecular flexibility index (Phi) is 9.10. The molecule has 35 heavy (non-hydrogen) atoms. The van der Waals surface area contributed by atoms with E-state index in [1.54, 1.807) is 77.9 Å². The molecule has 11 heteroatoms. The molecule has 0 spiro atoms. The Balaban J connectivity index is 1.97. The smallest absolute Gasteiger partial charge is 0.526 e. The van der Waals surface area contributed by atoms with Crippen molar-refractivity contribution < 1.29 is 37.8 Å². The molecule has 1 radical (unpaired) electrons. The molecule has 2 rings (SSSR count). The minimum absolute atomic E-state index is 0.376. The zero-order valence-electron chi connectivity index (χ0n) is 21.3. The fourth-order valence-electron chi connectivity index (χ4n) is 2.66. The molecule has 2 amide bonds. The summed E-state index contributed by atoms with van der Waals surface area (Å²) in [5.74, 6) is 1.57. The van der Waals surface area contributed by atoms with Gasteiger partial charge in [-0.3, -0.25) is 10.6 Å². The Morgan fingerprint density at radius 3 is 1.37 bits per heavy atom. The van der Waals surface area contributed by atoms with Gasteiger partial charge in [0.2, 0.25) is 0 Å². The van der Waals surface area contributed by atoms with Gasteiger partial charge in [0.05, 0.1) is 25.6 Å². The zero-order chi connectivity index (χ0) is 26.2. The molecule has 0 heterocycles. The monoisotopic (exact) mass is 487 g/mol. The largest absolute Gasteiger partial charge is 0.658 e. The third kappa shape index (κ3) is 9.56. The van der Waals surface area contributed by atoms with Gasteiger partial charge in [0.1, 0.15) is 34.2 Å². The SMILES string of the molecule is COc1cc(O[B]Oc2ccc(NC(=O)OC(C)(C)C)c(OC)c2)ccc1NC(=O)OC(C)(C)C. The summed E-state index contributed by atoms with van der Waals surface area (Å²) in [4.78, 5) is 24.0. The van der Waals surface area contributed by atoms with Crippen LogP contribution in [0, 0.1) is 0 Å². The number of ether oxygens (including phenoxy) is 4. The molecule has 0 aliphatic rings. The Bertz CT molecular complexity index is 950. The Morgan fingerprint density at radius 1 is 0.686 bits per heavy atom. The number of benzene rings is 2. The van der Waals surface area contributed by atoms with E-state index in [9.17, 15) is 9.59 Å². The Morgan fingerprint density at radius 2 is 1.06 bits per heavy atom. The Hall–Kier alpha value is -3.76. The molecule has 0 bridgehead atoms. The molecular formula is C24H32BN2O8. The van der Waals surface area contributed by atoms with Gasteiger partial charge in [-0.2, -0.15) is 0 Å². The highest BCUT2D eigenvalue weighted by Crippen LogP contribution is 2.31. The van der Waals surface area contributed by atoms with Crippen molar-refractivity contribution in [3.63, 3.8) is 0 Å². The lowest BCUT2D eigenvalue weighted by Crippen LogP contribution is -2.27. The number of carbonyl (C=O) groups is 2. The Labute approximate surface area is 206 Å². The second-order valence-electron chi connectivity index (χ2n) is 9.31. The fourth-order valence-corrected chi connectivity index (χ4v) is 2.66. The van der Waals surface area contributed by atoms with Gasteiger partial charge in [-0.1, -0.05) is 0 Å². The van der Waals surface area contributed by atoms with Crippen LogP contribution in [0.5, 0.6) is 23.0 Å². The maximum atomic E-state index is 12.0. The first-order valence-electron chi connectivity index (χ1n) is 10.8. The van der Waals surface area contributed by atoms with Gasteiger partial charge in [-0.05, 0) is 65.8 Å². The van der Waals surface area contributed by atoms with Crippen LogP contribution < -0.4 is 29.4 Å². The normalized spacial score (nSPS) is 11.1. The van der Waals surface area contributed by atoms with Crippen LogP contribution in [-0.4, -0.2) is 45.3 Å². The summed E-state index contributed by atoms with van der Waals surface area (Å²) < 4.78 is 32.2. The van der Waals surface area contributed by atoms with Crippen LogP contribution in [0.3, 0.4) is 0 Å². The highest BCUT2D eigenvalue weighted by molar-refractivity contribution is 6.20. The van der Waals surface area contributed by atoms with Crippen molar-refractivity contribution >= 4 is 31.2 Å². The van der Waals surface area contributed by atoms with E-state index < -0.39 is 23.4 Å². The van der Waals surface area contributed by atoms with Crippen molar-refractivity contribution in [3.05, 3.63) is 36.4 Å². The van der Waals surface area contributed by atoms with E-state index in [4.69, 9.17) is 28.3 Å². The molecular weight excluding hydrogens is 455 g/mol. The van der Waals surface area contributed by atoms with Gasteiger partial charge in [0.15, 0.2) is 0 Å². The predicted molar refractivity (Wildman–Crippen MR) is 133 cm³/mol. The van der Waals surface area contributed by atoms with Crippen molar-refractivity contribution in [2.45, 2.75) is 52.7 Å². The average Bonchev–Trinajstić information content (AvgIpc) is 2.72. The van der Waals surface area contributed by atoms with Gasteiger partial charge in [0, 0.05) is 12.1 Å². The number of hydrogen-bond acceptors (Lipinski definition) is 8. The number of methoxy groups -OCH3 is 2. The summed E-state index contributed by atoms with van der Waals surface area (Å²) in [5.41, 5.74) is -0.403. The van der Waals surface area contributed by atoms with Crippen molar-refractivity contribution in [2.75, 3.05) is 24.9 Å². The van der Waals surface area contributed by atoms with Gasteiger partial charge < -0.3 is 28.3 Å². The second-order valence-corrected chi connectivity index (χ2v) is 9.31. The van der Waals surface area contributed by atoms with E-state index in [1.807, 2.05) is 0 Å². The highest BCUT2D eigenvalue weighted by Gasteiger charge is 2.19. The first-order valence-corrected chi connectivity index (χ1v) is 10.8. The van der Waals surface area contributed by atoms with Crippen LogP contribution in [-0.2, 0) is 9.47 Å². The van der Waals surface area contributed by atoms with Gasteiger partial charge >= 0.3 is 19.9 Å². The topological polar surface area (TPSA) is 114 Å². The van der Waals surface area contributed by atoms with E-state index in [0.29, 0.717) is 34.4 Å². The second kappa shape index (κ2) is 11.6. The molecule has 0 aromatic heterocycles. The number of amides is 2. The number of rotatable bonds is 8. The summed E-state index contributed by atoms with van der Waals surface area (Å²) >= 11 is 0. The minimum atomic E-state index is -0.626. The highest BCUT2D eigenvalue weighted by atomic mass is 16.6. The molecule has 0 unspecified atom stereocenters. The van der Waals surface area contributed by atoms with E-state index in [1.165, 1.54) is 14.2 Å². The lowest BCUT2D eigenvalue weighted by atomic mass is 10.2. The van der Waals surface area contributed by atoms with E-state index in [-0.39, 0.29) is 0 Å². The third-order valence-electron chi connectivity index (χ3n) is 3.99. The molecule has 0 aliphatic heterocycles. The van der Waals surface area contributed by atoms with Crippen molar-refractivity contribution in [2.24, 2.45) is 0 Å². The average molecular weight is 487 g/mol. The van der Waals surface area contributed by atoms with Crippen LogP contribution in [0.2, 0.25) is 0 Å². The summed E-state index contributed by atoms with van der Waals surface area (Å²) in [6.45, 7) is 10.7. The molecule has 2 aromatic rings. The summed E-state index contributed by atoms with van der Waals surface area (Å²) in [5, 5.41) is 5.27. The minimum Gasteiger partial charge on any atom is -0.526 e. The number of anilines is 2. The lowest BCUT2D eigenvalue weighted by molar-refractivity contribution is 0.0624. The summed E-state index contributed by atoms with van der Waals surface area (Å²) in [7, 11) is 4.07. The number of nitrogens with one attached hydrogen (secondary N) is 2. The van der Waals surface area contributed by atoms with Crippen LogP contribution in [0.4, 0.5) is 21.0 Å². The van der Waals surface area contributed by atoms with Crippen molar-refractivity contribution in [3.8, 4) is 23.0 Å². The van der Waals surface area contributed by atoms with Gasteiger partial charge in [-0.15, -0.1) is 0 Å². The molecule has 2 aromatic carbocycles. The fraction of sp³-hybridized carbons (Fsp3) is 0.417. The van der Waals surface area contributed by atoms with E-state index in [2.05, 4.69) is 10.6 Å². The van der Waals surface area contributed by atoms with Crippen LogP contribution in [0.15, 0.2) is 36.4 Å². The molecule has 0 atom stereocenters. The molecule has 10 nitrogen and oxygen atoms in total. The van der Waals surface area contributed by atoms with Crippen LogP contribution >= 0.6 is 0 Å². The zero-order valence-corrected chi connectivity index (χ0v) is 21.3. The number of carbonyl (C=O) groups excluding carboxylic acids is 2. The summed E-state index contributed by atoms with van der Waals surface area (Å²) in [6, 6.07) is 9.66. The standard InChI is InChI=1S/C24H32BN2O8/c1-23(2,3)32-21(28)26-17-11-9-15(13-19(17)30-7)34-25-35-16-10-12-18(20(14-16)31-8)27-22(29)33-24(4,5)6/h9-14H,1-8H3,(H,26,28)(H,27,29). The van der Waals surface area contributed by atoms with Gasteiger partial charge in [-0.25, -0.2) is 9.59 Å². The maximum absolute atomic E-state index is 12.0. The number of hydrogen-bond donors (Lipinski definition) is 2. The maximum Gasteiger partial charge on any atom is 0.658 e. The van der Waals surface area contributed by atoms with Crippen molar-refractivity contribution in [1.29, 1.82) is 0 Å². The predicted octanol–water partition coefficient (Wildman–Crippen LogP) is 5.39. The molecule has 2 N–H and O–H groups in total. The third-order valence-corrected chi connectivity index (χ3v) is 3.99.